The largest absolute Gasteiger partial charge is 0.325 e. The summed E-state index contributed by atoms with van der Waals surface area (Å²) in [5.74, 6) is 1.25. The lowest BCUT2D eigenvalue weighted by Crippen LogP contribution is -2.44. The maximum Gasteiger partial charge on any atom is 0.220 e. The number of rotatable bonds is 0. The smallest absolute Gasteiger partial charge is 0.220 e. The molecule has 1 aliphatic heterocycles. The summed E-state index contributed by atoms with van der Waals surface area (Å²) in [4.78, 5) is 13.1. The highest BCUT2D eigenvalue weighted by atomic mass is 32.2. The van der Waals surface area contributed by atoms with Crippen LogP contribution in [0.25, 0.3) is 0 Å². The van der Waals surface area contributed by atoms with Gasteiger partial charge in [0.25, 0.3) is 0 Å². The molecule has 1 fully saturated rings. The first-order valence-corrected chi connectivity index (χ1v) is 4.87. The number of amides is 1. The van der Waals surface area contributed by atoms with Crippen molar-refractivity contribution in [3.63, 3.8) is 0 Å². The van der Waals surface area contributed by atoms with E-state index in [-0.39, 0.29) is 10.8 Å². The van der Waals surface area contributed by atoms with Crippen molar-refractivity contribution in [2.75, 3.05) is 5.75 Å². The van der Waals surface area contributed by atoms with E-state index in [1.54, 1.807) is 6.92 Å². The molecule has 0 N–H and O–H groups in total. The Morgan fingerprint density at radius 2 is 2.18 bits per heavy atom. The third-order valence-corrected chi connectivity index (χ3v) is 3.59. The molecule has 0 aliphatic carbocycles. The standard InChI is InChI=1S/C8H15NOS/c1-6-5-11-8(3,4)9(6)7(2)10/h6H,5H2,1-4H3. The fraction of sp³-hybridized carbons (Fsp3) is 0.875. The summed E-state index contributed by atoms with van der Waals surface area (Å²) in [5, 5.41) is 0. The number of hydrogen-bond acceptors (Lipinski definition) is 2. The van der Waals surface area contributed by atoms with Gasteiger partial charge in [-0.05, 0) is 20.8 Å². The molecular formula is C8H15NOS. The summed E-state index contributed by atoms with van der Waals surface area (Å²) in [6.45, 7) is 7.94. The minimum atomic E-state index is 0.00521. The first kappa shape index (κ1) is 8.91. The lowest BCUT2D eigenvalue weighted by molar-refractivity contribution is -0.132. The molecule has 0 aromatic carbocycles. The van der Waals surface area contributed by atoms with Gasteiger partial charge in [-0.2, -0.15) is 0 Å². The van der Waals surface area contributed by atoms with E-state index >= 15 is 0 Å². The van der Waals surface area contributed by atoms with Gasteiger partial charge in [-0.1, -0.05) is 0 Å². The van der Waals surface area contributed by atoms with E-state index in [9.17, 15) is 4.79 Å². The summed E-state index contributed by atoms with van der Waals surface area (Å²) in [6, 6.07) is 0.396. The molecule has 1 aliphatic rings. The van der Waals surface area contributed by atoms with Crippen LogP contribution in [0.4, 0.5) is 0 Å². The van der Waals surface area contributed by atoms with Crippen LogP contribution in [-0.4, -0.2) is 27.5 Å². The number of hydrogen-bond donors (Lipinski definition) is 0. The van der Waals surface area contributed by atoms with Crippen molar-refractivity contribution >= 4 is 17.7 Å². The number of nitrogens with zero attached hydrogens (tertiary/aromatic N) is 1. The lowest BCUT2D eigenvalue weighted by atomic mass is 10.2. The fourth-order valence-electron chi connectivity index (χ4n) is 1.69. The average molecular weight is 173 g/mol. The SMILES string of the molecule is CC(=O)N1C(C)CSC1(C)C. The van der Waals surface area contributed by atoms with Gasteiger partial charge in [-0.3, -0.25) is 4.79 Å². The predicted molar refractivity (Wildman–Crippen MR) is 48.5 cm³/mol. The maximum atomic E-state index is 11.2. The van der Waals surface area contributed by atoms with E-state index in [0.717, 1.165) is 5.75 Å². The summed E-state index contributed by atoms with van der Waals surface area (Å²) in [5.41, 5.74) is 0. The van der Waals surface area contributed by atoms with Crippen molar-refractivity contribution in [3.8, 4) is 0 Å². The molecule has 0 aromatic heterocycles. The van der Waals surface area contributed by atoms with Crippen LogP contribution in [0.15, 0.2) is 0 Å². The van der Waals surface area contributed by atoms with Gasteiger partial charge >= 0.3 is 0 Å². The molecule has 1 atom stereocenters. The van der Waals surface area contributed by atoms with Crippen LogP contribution in [-0.2, 0) is 4.79 Å². The summed E-state index contributed by atoms with van der Waals surface area (Å²) in [7, 11) is 0. The molecule has 0 aromatic rings. The Hall–Kier alpha value is -0.180. The molecule has 64 valence electrons. The minimum absolute atomic E-state index is 0.00521. The predicted octanol–water partition coefficient (Wildman–Crippen LogP) is 1.71. The van der Waals surface area contributed by atoms with Crippen LogP contribution >= 0.6 is 11.8 Å². The minimum Gasteiger partial charge on any atom is -0.325 e. The number of carbonyl (C=O) groups excluding carboxylic acids is 1. The van der Waals surface area contributed by atoms with Crippen LogP contribution < -0.4 is 0 Å². The molecule has 1 saturated heterocycles. The molecule has 2 nitrogen and oxygen atoms in total. The van der Waals surface area contributed by atoms with Crippen molar-refractivity contribution in [2.24, 2.45) is 0 Å². The number of thioether (sulfide) groups is 1. The zero-order valence-electron chi connectivity index (χ0n) is 7.55. The van der Waals surface area contributed by atoms with Crippen LogP contribution in [0.2, 0.25) is 0 Å². The van der Waals surface area contributed by atoms with Gasteiger partial charge in [0.1, 0.15) is 0 Å². The van der Waals surface area contributed by atoms with Crippen LogP contribution in [0.1, 0.15) is 27.7 Å². The highest BCUT2D eigenvalue weighted by Gasteiger charge is 2.39. The Kier molecular flexibility index (Phi) is 2.19. The summed E-state index contributed by atoms with van der Waals surface area (Å²) in [6.07, 6.45) is 0. The third kappa shape index (κ3) is 1.53. The van der Waals surface area contributed by atoms with Crippen molar-refractivity contribution in [1.29, 1.82) is 0 Å². The van der Waals surface area contributed by atoms with Crippen molar-refractivity contribution in [2.45, 2.75) is 38.6 Å². The Labute approximate surface area is 72.3 Å². The van der Waals surface area contributed by atoms with Gasteiger partial charge in [0.2, 0.25) is 5.91 Å². The molecule has 3 heteroatoms. The van der Waals surface area contributed by atoms with Crippen molar-refractivity contribution in [1.82, 2.24) is 4.90 Å². The Bertz CT molecular complexity index is 179. The molecule has 0 saturated carbocycles. The molecule has 1 amide bonds. The van der Waals surface area contributed by atoms with Gasteiger partial charge in [0.05, 0.1) is 4.87 Å². The quantitative estimate of drug-likeness (QED) is 0.556. The van der Waals surface area contributed by atoms with Crippen LogP contribution in [0.3, 0.4) is 0 Å². The lowest BCUT2D eigenvalue weighted by Gasteiger charge is -2.32. The van der Waals surface area contributed by atoms with Crippen molar-refractivity contribution < 1.29 is 4.79 Å². The fourth-order valence-corrected chi connectivity index (χ4v) is 2.93. The summed E-state index contributed by atoms with van der Waals surface area (Å²) >= 11 is 1.85. The Balaban J connectivity index is 2.80. The highest BCUT2D eigenvalue weighted by molar-refractivity contribution is 8.00. The van der Waals surface area contributed by atoms with E-state index in [0.29, 0.717) is 6.04 Å². The maximum absolute atomic E-state index is 11.2. The Morgan fingerprint density at radius 1 is 1.64 bits per heavy atom. The van der Waals surface area contributed by atoms with Gasteiger partial charge in [-0.15, -0.1) is 11.8 Å². The highest BCUT2D eigenvalue weighted by Crippen LogP contribution is 2.38. The van der Waals surface area contributed by atoms with E-state index in [2.05, 4.69) is 20.8 Å². The average Bonchev–Trinajstić information content (AvgIpc) is 2.06. The molecule has 1 rings (SSSR count). The summed E-state index contributed by atoms with van der Waals surface area (Å²) < 4.78 is 0. The van der Waals surface area contributed by atoms with Crippen LogP contribution in [0, 0.1) is 0 Å². The number of carbonyl (C=O) groups is 1. The molecular weight excluding hydrogens is 158 g/mol. The van der Waals surface area contributed by atoms with Gasteiger partial charge in [-0.25, -0.2) is 0 Å². The molecule has 0 bridgehead atoms. The third-order valence-electron chi connectivity index (χ3n) is 2.04. The zero-order chi connectivity index (χ0) is 8.65. The first-order valence-electron chi connectivity index (χ1n) is 3.89. The van der Waals surface area contributed by atoms with E-state index in [4.69, 9.17) is 0 Å². The normalized spacial score (nSPS) is 29.1. The van der Waals surface area contributed by atoms with E-state index < -0.39 is 0 Å². The van der Waals surface area contributed by atoms with Gasteiger partial charge in [0.15, 0.2) is 0 Å². The van der Waals surface area contributed by atoms with Crippen molar-refractivity contribution in [3.05, 3.63) is 0 Å². The van der Waals surface area contributed by atoms with E-state index in [1.165, 1.54) is 0 Å². The zero-order valence-corrected chi connectivity index (χ0v) is 8.36. The second-order valence-corrected chi connectivity index (χ2v) is 5.12. The molecule has 0 radical (unpaired) electrons. The topological polar surface area (TPSA) is 20.3 Å². The molecule has 11 heavy (non-hydrogen) atoms. The second kappa shape index (κ2) is 2.70. The van der Waals surface area contributed by atoms with Crippen LogP contribution in [0.5, 0.6) is 0 Å². The van der Waals surface area contributed by atoms with E-state index in [1.807, 2.05) is 16.7 Å². The first-order chi connectivity index (χ1) is 4.95. The monoisotopic (exact) mass is 173 g/mol. The molecule has 0 spiro atoms. The second-order valence-electron chi connectivity index (χ2n) is 3.50. The van der Waals surface area contributed by atoms with Gasteiger partial charge in [0, 0.05) is 18.7 Å². The Morgan fingerprint density at radius 3 is 2.36 bits per heavy atom. The van der Waals surface area contributed by atoms with Gasteiger partial charge < -0.3 is 4.90 Å². The molecule has 1 unspecified atom stereocenters. The molecule has 1 heterocycles.